The van der Waals surface area contributed by atoms with E-state index in [1.165, 1.54) is 36.4 Å². The molecule has 0 bridgehead atoms. The SMILES string of the molecule is Cc1c(N(Cc2ccc(OC(F)(F)F)cc2)S(=O)(=O)c2ccc(C(C)(C)O)cc2)ncc2ccccc12. The van der Waals surface area contributed by atoms with Crippen LogP contribution in [0, 0.1) is 6.92 Å². The molecular weight excluding hydrogens is 505 g/mol. The first-order valence-corrected chi connectivity index (χ1v) is 12.7. The van der Waals surface area contributed by atoms with Crippen molar-refractivity contribution in [1.82, 2.24) is 4.98 Å². The summed E-state index contributed by atoms with van der Waals surface area (Å²) in [6.45, 7) is 4.77. The molecule has 6 nitrogen and oxygen atoms in total. The van der Waals surface area contributed by atoms with E-state index in [0.717, 1.165) is 27.2 Å². The molecule has 0 aliphatic rings. The Morgan fingerprint density at radius 3 is 2.16 bits per heavy atom. The summed E-state index contributed by atoms with van der Waals surface area (Å²) in [6, 6.07) is 18.3. The van der Waals surface area contributed by atoms with Gasteiger partial charge in [0.1, 0.15) is 11.6 Å². The predicted octanol–water partition coefficient (Wildman–Crippen LogP) is 6.06. The van der Waals surface area contributed by atoms with E-state index in [2.05, 4.69) is 9.72 Å². The van der Waals surface area contributed by atoms with Gasteiger partial charge in [-0.25, -0.2) is 17.7 Å². The molecule has 0 atom stereocenters. The van der Waals surface area contributed by atoms with Crippen LogP contribution < -0.4 is 9.04 Å². The normalized spacial score (nSPS) is 12.5. The monoisotopic (exact) mass is 530 g/mol. The van der Waals surface area contributed by atoms with Gasteiger partial charge in [0.25, 0.3) is 10.0 Å². The second-order valence-corrected chi connectivity index (χ2v) is 10.9. The Labute approximate surface area is 213 Å². The van der Waals surface area contributed by atoms with Crippen molar-refractivity contribution in [2.45, 2.75) is 44.2 Å². The van der Waals surface area contributed by atoms with E-state index in [-0.39, 0.29) is 17.3 Å². The van der Waals surface area contributed by atoms with Crippen LogP contribution in [0.3, 0.4) is 0 Å². The molecule has 4 aromatic rings. The second-order valence-electron chi connectivity index (χ2n) is 9.08. The molecule has 0 aliphatic heterocycles. The zero-order chi connectivity index (χ0) is 27.0. The molecule has 0 saturated heterocycles. The van der Waals surface area contributed by atoms with Crippen LogP contribution in [0.25, 0.3) is 10.8 Å². The summed E-state index contributed by atoms with van der Waals surface area (Å²) in [5, 5.41) is 11.9. The van der Waals surface area contributed by atoms with E-state index in [9.17, 15) is 26.7 Å². The molecule has 0 radical (unpaired) electrons. The molecule has 0 aliphatic carbocycles. The number of hydrogen-bond donors (Lipinski definition) is 1. The van der Waals surface area contributed by atoms with E-state index in [4.69, 9.17) is 0 Å². The highest BCUT2D eigenvalue weighted by molar-refractivity contribution is 7.92. The third-order valence-electron chi connectivity index (χ3n) is 5.89. The standard InChI is InChI=1S/C27H25F3N2O4S/c1-18-24-7-5-4-6-20(24)16-31-25(18)32(17-19-8-12-22(13-9-19)36-27(28,29)30)37(34,35)23-14-10-21(11-15-23)26(2,3)33/h4-16,33H,17H2,1-3H3. The molecule has 4 rings (SSSR count). The number of nitrogens with zero attached hydrogens (tertiary/aromatic N) is 2. The summed E-state index contributed by atoms with van der Waals surface area (Å²) in [6.07, 6.45) is -3.25. The lowest BCUT2D eigenvalue weighted by atomic mass is 9.99. The minimum atomic E-state index is -4.84. The van der Waals surface area contributed by atoms with Gasteiger partial charge < -0.3 is 9.84 Å². The summed E-state index contributed by atoms with van der Waals surface area (Å²) < 4.78 is 70.5. The number of aromatic nitrogens is 1. The number of halogens is 3. The Morgan fingerprint density at radius 2 is 1.57 bits per heavy atom. The first-order chi connectivity index (χ1) is 17.3. The van der Waals surface area contributed by atoms with Crippen LogP contribution >= 0.6 is 0 Å². The van der Waals surface area contributed by atoms with Crippen molar-refractivity contribution in [3.05, 3.63) is 95.7 Å². The molecule has 0 fully saturated rings. The average Bonchev–Trinajstić information content (AvgIpc) is 2.83. The number of fused-ring (bicyclic) bond motifs is 1. The van der Waals surface area contributed by atoms with Gasteiger partial charge in [0, 0.05) is 17.1 Å². The molecule has 0 saturated carbocycles. The van der Waals surface area contributed by atoms with Crippen molar-refractivity contribution in [2.75, 3.05) is 4.31 Å². The molecule has 37 heavy (non-hydrogen) atoms. The van der Waals surface area contributed by atoms with Gasteiger partial charge in [-0.05, 0) is 61.5 Å². The number of anilines is 1. The Balaban J connectivity index is 1.79. The highest BCUT2D eigenvalue weighted by Crippen LogP contribution is 2.32. The zero-order valence-corrected chi connectivity index (χ0v) is 21.1. The van der Waals surface area contributed by atoms with E-state index < -0.39 is 27.7 Å². The van der Waals surface area contributed by atoms with Crippen LogP contribution in [0.1, 0.15) is 30.5 Å². The highest BCUT2D eigenvalue weighted by Gasteiger charge is 2.32. The summed E-state index contributed by atoms with van der Waals surface area (Å²) in [5.41, 5.74) is 0.448. The lowest BCUT2D eigenvalue weighted by Gasteiger charge is -2.26. The van der Waals surface area contributed by atoms with Crippen molar-refractivity contribution in [3.8, 4) is 5.75 Å². The fourth-order valence-electron chi connectivity index (χ4n) is 3.95. The van der Waals surface area contributed by atoms with Crippen molar-refractivity contribution in [1.29, 1.82) is 0 Å². The van der Waals surface area contributed by atoms with E-state index in [0.29, 0.717) is 16.7 Å². The molecule has 3 aromatic carbocycles. The van der Waals surface area contributed by atoms with Gasteiger partial charge in [0.2, 0.25) is 0 Å². The van der Waals surface area contributed by atoms with Crippen molar-refractivity contribution < 1.29 is 31.4 Å². The number of rotatable bonds is 7. The van der Waals surface area contributed by atoms with E-state index in [1.54, 1.807) is 27.0 Å². The first kappa shape index (κ1) is 26.4. The first-order valence-electron chi connectivity index (χ1n) is 11.3. The maximum absolute atomic E-state index is 13.9. The number of pyridine rings is 1. The lowest BCUT2D eigenvalue weighted by molar-refractivity contribution is -0.274. The van der Waals surface area contributed by atoms with Crippen LogP contribution in [-0.4, -0.2) is 24.9 Å². The van der Waals surface area contributed by atoms with Crippen LogP contribution in [0.4, 0.5) is 19.0 Å². The Hall–Kier alpha value is -3.63. The molecule has 1 aromatic heterocycles. The summed E-state index contributed by atoms with van der Waals surface area (Å²) >= 11 is 0. The Kier molecular flexibility index (Phi) is 6.91. The van der Waals surface area contributed by atoms with Crippen molar-refractivity contribution >= 4 is 26.6 Å². The summed E-state index contributed by atoms with van der Waals surface area (Å²) in [4.78, 5) is 4.43. The van der Waals surface area contributed by atoms with Gasteiger partial charge >= 0.3 is 6.36 Å². The van der Waals surface area contributed by atoms with Crippen LogP contribution in [0.15, 0.2) is 83.9 Å². The van der Waals surface area contributed by atoms with Crippen LogP contribution in [0.2, 0.25) is 0 Å². The van der Waals surface area contributed by atoms with Crippen LogP contribution in [0.5, 0.6) is 5.75 Å². The molecule has 0 spiro atoms. The summed E-state index contributed by atoms with van der Waals surface area (Å²) in [5.74, 6) is -0.214. The highest BCUT2D eigenvalue weighted by atomic mass is 32.2. The largest absolute Gasteiger partial charge is 0.573 e. The molecule has 1 N–H and O–H groups in total. The maximum Gasteiger partial charge on any atom is 0.573 e. The van der Waals surface area contributed by atoms with Crippen molar-refractivity contribution in [3.63, 3.8) is 0 Å². The molecule has 0 unspecified atom stereocenters. The molecular formula is C27H25F3N2O4S. The van der Waals surface area contributed by atoms with Crippen molar-refractivity contribution in [2.24, 2.45) is 0 Å². The third-order valence-corrected chi connectivity index (χ3v) is 7.64. The minimum absolute atomic E-state index is 0.0214. The second kappa shape index (κ2) is 9.68. The smallest absolute Gasteiger partial charge is 0.406 e. The van der Waals surface area contributed by atoms with Gasteiger partial charge in [0.15, 0.2) is 0 Å². The number of alkyl halides is 3. The quantitative estimate of drug-likeness (QED) is 0.314. The Morgan fingerprint density at radius 1 is 0.946 bits per heavy atom. The maximum atomic E-state index is 13.9. The summed E-state index contributed by atoms with van der Waals surface area (Å²) in [7, 11) is -4.17. The number of benzene rings is 3. The van der Waals surface area contributed by atoms with Gasteiger partial charge in [-0.2, -0.15) is 0 Å². The molecule has 10 heteroatoms. The van der Waals surface area contributed by atoms with Crippen LogP contribution in [-0.2, 0) is 22.2 Å². The van der Waals surface area contributed by atoms with Gasteiger partial charge in [-0.15, -0.1) is 13.2 Å². The zero-order valence-electron chi connectivity index (χ0n) is 20.3. The third kappa shape index (κ3) is 5.86. The average molecular weight is 531 g/mol. The van der Waals surface area contributed by atoms with Gasteiger partial charge in [0.05, 0.1) is 17.0 Å². The van der Waals surface area contributed by atoms with Gasteiger partial charge in [-0.3, -0.25) is 0 Å². The molecule has 194 valence electrons. The minimum Gasteiger partial charge on any atom is -0.406 e. The number of hydrogen-bond acceptors (Lipinski definition) is 5. The number of aliphatic hydroxyl groups is 1. The topological polar surface area (TPSA) is 79.7 Å². The molecule has 1 heterocycles. The van der Waals surface area contributed by atoms with E-state index in [1.807, 2.05) is 24.3 Å². The number of aryl methyl sites for hydroxylation is 1. The Bertz CT molecular complexity index is 1510. The fourth-order valence-corrected chi connectivity index (χ4v) is 5.41. The number of ether oxygens (including phenoxy) is 1. The fraction of sp³-hybridized carbons (Fsp3) is 0.222. The van der Waals surface area contributed by atoms with Gasteiger partial charge in [-0.1, -0.05) is 48.5 Å². The molecule has 0 amide bonds. The lowest BCUT2D eigenvalue weighted by Crippen LogP contribution is -2.32. The predicted molar refractivity (Wildman–Crippen MR) is 135 cm³/mol. The van der Waals surface area contributed by atoms with E-state index >= 15 is 0 Å². The number of sulfonamides is 1.